The number of ether oxygens (including phenoxy) is 1. The van der Waals surface area contributed by atoms with Gasteiger partial charge in [-0.15, -0.1) is 0 Å². The van der Waals surface area contributed by atoms with E-state index in [1.807, 2.05) is 30.3 Å². The van der Waals surface area contributed by atoms with E-state index in [1.54, 1.807) is 4.90 Å². The van der Waals surface area contributed by atoms with E-state index in [9.17, 15) is 14.4 Å². The number of carbonyl (C=O) groups is 3. The van der Waals surface area contributed by atoms with Crippen LogP contribution in [0.5, 0.6) is 0 Å². The Kier molecular flexibility index (Phi) is 5.70. The van der Waals surface area contributed by atoms with Crippen LogP contribution in [0.25, 0.3) is 0 Å². The van der Waals surface area contributed by atoms with E-state index in [0.717, 1.165) is 5.56 Å². The maximum atomic E-state index is 12.1. The van der Waals surface area contributed by atoms with Gasteiger partial charge in [0.25, 0.3) is 0 Å². The molecule has 0 aliphatic carbocycles. The Bertz CT molecular complexity index is 575. The zero-order valence-electron chi connectivity index (χ0n) is 12.9. The van der Waals surface area contributed by atoms with Crippen molar-refractivity contribution in [2.45, 2.75) is 19.1 Å². The lowest BCUT2D eigenvalue weighted by Crippen LogP contribution is -2.41. The van der Waals surface area contributed by atoms with E-state index in [-0.39, 0.29) is 24.8 Å². The standard InChI is InChI=1S/C16H20N2O5/c1-23-13(16(21)22)8-17-15(20)12-7-14(19)18(10-12)9-11-5-3-2-4-6-11/h2-6,12-13H,7-10H2,1H3,(H,17,20)(H,21,22). The number of hydrogen-bond donors (Lipinski definition) is 2. The highest BCUT2D eigenvalue weighted by Gasteiger charge is 2.34. The van der Waals surface area contributed by atoms with Gasteiger partial charge in [0.15, 0.2) is 6.10 Å². The Morgan fingerprint density at radius 3 is 2.70 bits per heavy atom. The first-order valence-electron chi connectivity index (χ1n) is 7.36. The molecule has 1 heterocycles. The topological polar surface area (TPSA) is 95.9 Å². The fourth-order valence-corrected chi connectivity index (χ4v) is 2.51. The quantitative estimate of drug-likeness (QED) is 0.751. The first-order valence-corrected chi connectivity index (χ1v) is 7.36. The maximum Gasteiger partial charge on any atom is 0.334 e. The minimum absolute atomic E-state index is 0.0736. The highest BCUT2D eigenvalue weighted by Crippen LogP contribution is 2.20. The van der Waals surface area contributed by atoms with Crippen molar-refractivity contribution < 1.29 is 24.2 Å². The highest BCUT2D eigenvalue weighted by molar-refractivity contribution is 5.89. The first-order chi connectivity index (χ1) is 11.0. The molecule has 0 radical (unpaired) electrons. The normalized spacial score (nSPS) is 18.7. The molecule has 1 saturated heterocycles. The number of hydrogen-bond acceptors (Lipinski definition) is 4. The molecule has 2 rings (SSSR count). The fraction of sp³-hybridized carbons (Fsp3) is 0.438. The predicted molar refractivity (Wildman–Crippen MR) is 81.4 cm³/mol. The van der Waals surface area contributed by atoms with Gasteiger partial charge in [0.2, 0.25) is 11.8 Å². The summed E-state index contributed by atoms with van der Waals surface area (Å²) in [5.74, 6) is -1.99. The second-order valence-corrected chi connectivity index (χ2v) is 5.47. The minimum Gasteiger partial charge on any atom is -0.479 e. The molecule has 1 fully saturated rings. The molecule has 1 aromatic carbocycles. The molecule has 2 N–H and O–H groups in total. The summed E-state index contributed by atoms with van der Waals surface area (Å²) < 4.78 is 4.75. The van der Waals surface area contributed by atoms with Crippen molar-refractivity contribution in [3.63, 3.8) is 0 Å². The van der Waals surface area contributed by atoms with Crippen LogP contribution in [0.4, 0.5) is 0 Å². The van der Waals surface area contributed by atoms with Crippen LogP contribution >= 0.6 is 0 Å². The average molecular weight is 320 g/mol. The van der Waals surface area contributed by atoms with Gasteiger partial charge in [-0.25, -0.2) is 4.79 Å². The van der Waals surface area contributed by atoms with E-state index < -0.39 is 18.0 Å². The molecule has 2 atom stereocenters. The molecule has 0 saturated carbocycles. The number of nitrogens with one attached hydrogen (secondary N) is 1. The van der Waals surface area contributed by atoms with Gasteiger partial charge in [0.1, 0.15) is 0 Å². The summed E-state index contributed by atoms with van der Waals surface area (Å²) in [5.41, 5.74) is 1.01. The van der Waals surface area contributed by atoms with Crippen LogP contribution in [0.15, 0.2) is 30.3 Å². The SMILES string of the molecule is COC(CNC(=O)C1CC(=O)N(Cc2ccccc2)C1)C(=O)O. The highest BCUT2D eigenvalue weighted by atomic mass is 16.5. The Labute approximate surface area is 134 Å². The Balaban J connectivity index is 1.86. The summed E-state index contributed by atoms with van der Waals surface area (Å²) >= 11 is 0. The molecule has 2 amide bonds. The Morgan fingerprint density at radius 1 is 1.39 bits per heavy atom. The number of methoxy groups -OCH3 is 1. The molecule has 124 valence electrons. The van der Waals surface area contributed by atoms with Crippen molar-refractivity contribution in [3.05, 3.63) is 35.9 Å². The lowest BCUT2D eigenvalue weighted by atomic mass is 10.1. The van der Waals surface area contributed by atoms with Crippen LogP contribution in [0, 0.1) is 5.92 Å². The molecule has 0 bridgehead atoms. The molecule has 1 aliphatic rings. The molecule has 23 heavy (non-hydrogen) atoms. The second kappa shape index (κ2) is 7.73. The summed E-state index contributed by atoms with van der Waals surface area (Å²) in [4.78, 5) is 36.6. The number of carbonyl (C=O) groups excluding carboxylic acids is 2. The largest absolute Gasteiger partial charge is 0.479 e. The number of aliphatic carboxylic acids is 1. The van der Waals surface area contributed by atoms with Crippen molar-refractivity contribution in [1.29, 1.82) is 0 Å². The van der Waals surface area contributed by atoms with Gasteiger partial charge in [-0.05, 0) is 5.56 Å². The van der Waals surface area contributed by atoms with Gasteiger partial charge < -0.3 is 20.1 Å². The van der Waals surface area contributed by atoms with Gasteiger partial charge in [0, 0.05) is 26.6 Å². The minimum atomic E-state index is -1.14. The van der Waals surface area contributed by atoms with Crippen molar-refractivity contribution >= 4 is 17.8 Å². The van der Waals surface area contributed by atoms with E-state index >= 15 is 0 Å². The number of carboxylic acids is 1. The van der Waals surface area contributed by atoms with Crippen LogP contribution in [-0.4, -0.2) is 54.1 Å². The van der Waals surface area contributed by atoms with Crippen LogP contribution in [-0.2, 0) is 25.7 Å². The molecule has 0 spiro atoms. The van der Waals surface area contributed by atoms with Gasteiger partial charge >= 0.3 is 5.97 Å². The zero-order chi connectivity index (χ0) is 16.8. The van der Waals surface area contributed by atoms with E-state index in [2.05, 4.69) is 5.32 Å². The molecule has 1 aromatic rings. The summed E-state index contributed by atoms with van der Waals surface area (Å²) in [5, 5.41) is 11.4. The Hall–Kier alpha value is -2.41. The summed E-state index contributed by atoms with van der Waals surface area (Å²) in [6, 6.07) is 9.56. The Morgan fingerprint density at radius 2 is 2.09 bits per heavy atom. The van der Waals surface area contributed by atoms with Crippen molar-refractivity contribution in [1.82, 2.24) is 10.2 Å². The number of nitrogens with zero attached hydrogens (tertiary/aromatic N) is 1. The maximum absolute atomic E-state index is 12.1. The van der Waals surface area contributed by atoms with Crippen molar-refractivity contribution in [2.75, 3.05) is 20.2 Å². The third kappa shape index (κ3) is 4.53. The van der Waals surface area contributed by atoms with Gasteiger partial charge in [-0.2, -0.15) is 0 Å². The lowest BCUT2D eigenvalue weighted by molar-refractivity contribution is -0.148. The number of amides is 2. The number of benzene rings is 1. The number of rotatable bonds is 7. The number of carboxylic acid groups (broad SMARTS) is 1. The van der Waals surface area contributed by atoms with E-state index in [0.29, 0.717) is 13.1 Å². The summed E-state index contributed by atoms with van der Waals surface area (Å²) in [6.45, 7) is 0.692. The molecule has 2 unspecified atom stereocenters. The molecule has 0 aromatic heterocycles. The molecule has 7 nitrogen and oxygen atoms in total. The van der Waals surface area contributed by atoms with E-state index in [4.69, 9.17) is 9.84 Å². The van der Waals surface area contributed by atoms with E-state index in [1.165, 1.54) is 7.11 Å². The van der Waals surface area contributed by atoms with Gasteiger partial charge in [0.05, 0.1) is 12.5 Å². The second-order valence-electron chi connectivity index (χ2n) is 5.47. The van der Waals surface area contributed by atoms with Crippen LogP contribution in [0.1, 0.15) is 12.0 Å². The van der Waals surface area contributed by atoms with Crippen molar-refractivity contribution in [3.8, 4) is 0 Å². The van der Waals surface area contributed by atoms with Gasteiger partial charge in [-0.1, -0.05) is 30.3 Å². The van der Waals surface area contributed by atoms with Crippen LogP contribution in [0.3, 0.4) is 0 Å². The van der Waals surface area contributed by atoms with Crippen LogP contribution < -0.4 is 5.32 Å². The molecular formula is C16H20N2O5. The third-order valence-electron chi connectivity index (χ3n) is 3.82. The predicted octanol–water partition coefficient (Wildman–Crippen LogP) is 0.251. The third-order valence-corrected chi connectivity index (χ3v) is 3.82. The van der Waals surface area contributed by atoms with Crippen LogP contribution in [0.2, 0.25) is 0 Å². The molecule has 1 aliphatic heterocycles. The number of likely N-dealkylation sites (tertiary alicyclic amines) is 1. The van der Waals surface area contributed by atoms with Gasteiger partial charge in [-0.3, -0.25) is 9.59 Å². The van der Waals surface area contributed by atoms with Crippen molar-refractivity contribution in [2.24, 2.45) is 5.92 Å². The summed E-state index contributed by atoms with van der Waals surface area (Å²) in [7, 11) is 1.27. The fourth-order valence-electron chi connectivity index (χ4n) is 2.51. The lowest BCUT2D eigenvalue weighted by Gasteiger charge is -2.17. The first kappa shape index (κ1) is 17.0. The zero-order valence-corrected chi connectivity index (χ0v) is 12.9. The average Bonchev–Trinajstić information content (AvgIpc) is 2.89. The molecule has 7 heteroatoms. The molecular weight excluding hydrogens is 300 g/mol. The monoisotopic (exact) mass is 320 g/mol. The smallest absolute Gasteiger partial charge is 0.334 e. The summed E-state index contributed by atoms with van der Waals surface area (Å²) in [6.07, 6.45) is -0.944.